The molecule has 126 valence electrons. The van der Waals surface area contributed by atoms with E-state index in [4.69, 9.17) is 4.42 Å². The van der Waals surface area contributed by atoms with Crippen LogP contribution in [-0.4, -0.2) is 40.3 Å². The van der Waals surface area contributed by atoms with Gasteiger partial charge in [-0.25, -0.2) is 9.37 Å². The largest absolute Gasteiger partial charge is 0.444 e. The van der Waals surface area contributed by atoms with E-state index >= 15 is 0 Å². The number of hydrogen-bond acceptors (Lipinski definition) is 4. The van der Waals surface area contributed by atoms with Crippen LogP contribution in [0.3, 0.4) is 0 Å². The Morgan fingerprint density at radius 2 is 2.08 bits per heavy atom. The average Bonchev–Trinajstić information content (AvgIpc) is 2.99. The lowest BCUT2D eigenvalue weighted by Crippen LogP contribution is -2.63. The predicted molar refractivity (Wildman–Crippen MR) is 84.4 cm³/mol. The van der Waals surface area contributed by atoms with E-state index in [2.05, 4.69) is 10.3 Å². The van der Waals surface area contributed by atoms with Gasteiger partial charge in [-0.3, -0.25) is 9.59 Å². The molecule has 1 saturated heterocycles. The van der Waals surface area contributed by atoms with Crippen molar-refractivity contribution in [3.63, 3.8) is 0 Å². The third-order valence-electron chi connectivity index (χ3n) is 4.13. The summed E-state index contributed by atoms with van der Waals surface area (Å²) in [6.45, 7) is 4.33. The van der Waals surface area contributed by atoms with E-state index in [-0.39, 0.29) is 24.1 Å². The van der Waals surface area contributed by atoms with Crippen LogP contribution in [0.5, 0.6) is 0 Å². The van der Waals surface area contributed by atoms with E-state index in [1.807, 2.05) is 0 Å². The Morgan fingerprint density at radius 1 is 1.38 bits per heavy atom. The van der Waals surface area contributed by atoms with E-state index in [9.17, 15) is 14.0 Å². The first-order valence-corrected chi connectivity index (χ1v) is 7.67. The summed E-state index contributed by atoms with van der Waals surface area (Å²) in [6.07, 6.45) is 1.45. The van der Waals surface area contributed by atoms with Gasteiger partial charge in [0.15, 0.2) is 0 Å². The van der Waals surface area contributed by atoms with Crippen LogP contribution in [0, 0.1) is 5.82 Å². The highest BCUT2D eigenvalue weighted by molar-refractivity contribution is 5.92. The Hall–Kier alpha value is -2.70. The quantitative estimate of drug-likeness (QED) is 0.930. The van der Waals surface area contributed by atoms with Gasteiger partial charge < -0.3 is 14.6 Å². The van der Waals surface area contributed by atoms with Crippen molar-refractivity contribution in [1.82, 2.24) is 15.2 Å². The molecule has 0 spiro atoms. The lowest BCUT2D eigenvalue weighted by molar-refractivity contribution is -0.148. The highest BCUT2D eigenvalue weighted by atomic mass is 19.1. The number of carbonyl (C=O) groups is 2. The van der Waals surface area contributed by atoms with Gasteiger partial charge in [0.2, 0.25) is 17.7 Å². The Kier molecular flexibility index (Phi) is 4.09. The van der Waals surface area contributed by atoms with E-state index in [1.54, 1.807) is 30.9 Å². The van der Waals surface area contributed by atoms with Gasteiger partial charge in [0, 0.05) is 18.7 Å². The molecule has 1 aliphatic heterocycles. The molecule has 2 amide bonds. The van der Waals surface area contributed by atoms with E-state index in [0.29, 0.717) is 30.2 Å². The summed E-state index contributed by atoms with van der Waals surface area (Å²) < 4.78 is 18.3. The molecular weight excluding hydrogens is 313 g/mol. The molecule has 24 heavy (non-hydrogen) atoms. The monoisotopic (exact) mass is 331 g/mol. The number of amides is 2. The number of oxazole rings is 1. The third-order valence-corrected chi connectivity index (χ3v) is 4.13. The molecule has 0 bridgehead atoms. The second-order valence-corrected chi connectivity index (χ2v) is 6.19. The number of piperazine rings is 1. The molecule has 0 radical (unpaired) electrons. The molecule has 7 heteroatoms. The highest BCUT2D eigenvalue weighted by Gasteiger charge is 2.40. The molecule has 1 fully saturated rings. The summed E-state index contributed by atoms with van der Waals surface area (Å²) in [7, 11) is 0. The smallest absolute Gasteiger partial charge is 0.245 e. The SMILES string of the molecule is CC1(C)C(=O)NCCN1C(=O)Cc1coc(-c2ccc(F)cc2)n1. The fourth-order valence-corrected chi connectivity index (χ4v) is 2.70. The molecule has 0 unspecified atom stereocenters. The van der Waals surface area contributed by atoms with Gasteiger partial charge in [-0.15, -0.1) is 0 Å². The summed E-state index contributed by atoms with van der Waals surface area (Å²) in [5, 5.41) is 2.75. The molecule has 1 aliphatic rings. The molecule has 0 aliphatic carbocycles. The van der Waals surface area contributed by atoms with Crippen LogP contribution >= 0.6 is 0 Å². The number of nitrogens with one attached hydrogen (secondary N) is 1. The maximum Gasteiger partial charge on any atom is 0.245 e. The number of benzene rings is 1. The molecule has 0 atom stereocenters. The van der Waals surface area contributed by atoms with Crippen molar-refractivity contribution < 1.29 is 18.4 Å². The van der Waals surface area contributed by atoms with Gasteiger partial charge in [0.25, 0.3) is 0 Å². The summed E-state index contributed by atoms with van der Waals surface area (Å²) in [5.41, 5.74) is 0.215. The van der Waals surface area contributed by atoms with Crippen molar-refractivity contribution in [1.29, 1.82) is 0 Å². The number of rotatable bonds is 3. The minimum Gasteiger partial charge on any atom is -0.444 e. The van der Waals surface area contributed by atoms with Crippen molar-refractivity contribution in [3.8, 4) is 11.5 Å². The molecular formula is C17H18FN3O3. The van der Waals surface area contributed by atoms with Crippen LogP contribution in [0.25, 0.3) is 11.5 Å². The molecule has 1 aromatic heterocycles. The Balaban J connectivity index is 1.73. The number of nitrogens with zero attached hydrogens (tertiary/aromatic N) is 2. The zero-order valence-corrected chi connectivity index (χ0v) is 13.5. The van der Waals surface area contributed by atoms with Crippen molar-refractivity contribution in [2.45, 2.75) is 25.8 Å². The first-order valence-electron chi connectivity index (χ1n) is 7.67. The molecule has 3 rings (SSSR count). The first-order chi connectivity index (χ1) is 11.4. The minimum absolute atomic E-state index is 0.0431. The van der Waals surface area contributed by atoms with Crippen molar-refractivity contribution in [2.24, 2.45) is 0 Å². The van der Waals surface area contributed by atoms with Crippen LogP contribution in [-0.2, 0) is 16.0 Å². The van der Waals surface area contributed by atoms with Gasteiger partial charge >= 0.3 is 0 Å². The minimum atomic E-state index is -0.890. The molecule has 2 heterocycles. The van der Waals surface area contributed by atoms with Gasteiger partial charge in [-0.05, 0) is 38.1 Å². The van der Waals surface area contributed by atoms with Crippen molar-refractivity contribution in [3.05, 3.63) is 42.0 Å². The van der Waals surface area contributed by atoms with Crippen molar-refractivity contribution >= 4 is 11.8 Å². The number of hydrogen-bond donors (Lipinski definition) is 1. The topological polar surface area (TPSA) is 75.4 Å². The van der Waals surface area contributed by atoms with E-state index in [0.717, 1.165) is 0 Å². The fraction of sp³-hybridized carbons (Fsp3) is 0.353. The maximum absolute atomic E-state index is 13.0. The standard InChI is InChI=1S/C17H18FN3O3/c1-17(2)16(23)19-7-8-21(17)14(22)9-13-10-24-15(20-13)11-3-5-12(18)6-4-11/h3-6,10H,7-9H2,1-2H3,(H,19,23). The molecule has 2 aromatic rings. The van der Waals surface area contributed by atoms with Gasteiger partial charge in [-0.1, -0.05) is 0 Å². The van der Waals surface area contributed by atoms with Gasteiger partial charge in [0.05, 0.1) is 12.1 Å². The second kappa shape index (κ2) is 6.07. The Labute approximate surface area is 138 Å². The maximum atomic E-state index is 13.0. The van der Waals surface area contributed by atoms with E-state index < -0.39 is 5.54 Å². The number of aromatic nitrogens is 1. The second-order valence-electron chi connectivity index (χ2n) is 6.19. The van der Waals surface area contributed by atoms with Crippen LogP contribution in [0.4, 0.5) is 4.39 Å². The average molecular weight is 331 g/mol. The zero-order chi connectivity index (χ0) is 17.3. The summed E-state index contributed by atoms with van der Waals surface area (Å²) in [6, 6.07) is 5.76. The van der Waals surface area contributed by atoms with Crippen LogP contribution in [0.15, 0.2) is 34.9 Å². The van der Waals surface area contributed by atoms with Crippen LogP contribution in [0.1, 0.15) is 19.5 Å². The van der Waals surface area contributed by atoms with Crippen molar-refractivity contribution in [2.75, 3.05) is 13.1 Å². The van der Waals surface area contributed by atoms with E-state index in [1.165, 1.54) is 18.4 Å². The lowest BCUT2D eigenvalue weighted by atomic mass is 9.98. The first kappa shape index (κ1) is 16.2. The highest BCUT2D eigenvalue weighted by Crippen LogP contribution is 2.22. The number of halogens is 1. The zero-order valence-electron chi connectivity index (χ0n) is 13.5. The Bertz CT molecular complexity index is 768. The molecule has 6 nitrogen and oxygen atoms in total. The molecule has 0 saturated carbocycles. The van der Waals surface area contributed by atoms with Gasteiger partial charge in [0.1, 0.15) is 17.6 Å². The summed E-state index contributed by atoms with van der Waals surface area (Å²) >= 11 is 0. The van der Waals surface area contributed by atoms with Gasteiger partial charge in [-0.2, -0.15) is 0 Å². The Morgan fingerprint density at radius 3 is 2.79 bits per heavy atom. The lowest BCUT2D eigenvalue weighted by Gasteiger charge is -2.41. The number of carbonyl (C=O) groups excluding carboxylic acids is 2. The van der Waals surface area contributed by atoms with Crippen LogP contribution in [0.2, 0.25) is 0 Å². The molecule has 1 aromatic carbocycles. The third kappa shape index (κ3) is 3.02. The fourth-order valence-electron chi connectivity index (χ4n) is 2.70. The summed E-state index contributed by atoms with van der Waals surface area (Å²) in [4.78, 5) is 30.3. The van der Waals surface area contributed by atoms with Crippen LogP contribution < -0.4 is 5.32 Å². The molecule has 1 N–H and O–H groups in total. The normalized spacial score (nSPS) is 16.8. The predicted octanol–water partition coefficient (Wildman–Crippen LogP) is 1.76. The summed E-state index contributed by atoms with van der Waals surface area (Å²) in [5.74, 6) is -0.372.